The van der Waals surface area contributed by atoms with E-state index in [0.717, 1.165) is 5.39 Å². The third-order valence-electron chi connectivity index (χ3n) is 6.14. The number of imidazole rings is 1. The Morgan fingerprint density at radius 2 is 1.97 bits per heavy atom. The number of Topliss-reactive ketones (excluding diaryl/α,β-unsaturated/α-hetero) is 1. The molecule has 1 amide bonds. The summed E-state index contributed by atoms with van der Waals surface area (Å²) in [5.41, 5.74) is 1.24. The van der Waals surface area contributed by atoms with Gasteiger partial charge in [0.15, 0.2) is 11.5 Å². The van der Waals surface area contributed by atoms with Crippen LogP contribution in [0.1, 0.15) is 28.6 Å². The first kappa shape index (κ1) is 23.2. The summed E-state index contributed by atoms with van der Waals surface area (Å²) in [6.45, 7) is 4.98. The fourth-order valence-corrected chi connectivity index (χ4v) is 4.43. The van der Waals surface area contributed by atoms with Crippen molar-refractivity contribution in [3.8, 4) is 5.75 Å². The van der Waals surface area contributed by atoms with E-state index in [1.807, 2.05) is 29.0 Å². The van der Waals surface area contributed by atoms with E-state index in [-0.39, 0.29) is 11.3 Å². The molecule has 0 spiro atoms. The minimum atomic E-state index is -0.769. The maximum atomic E-state index is 13.6. The topological polar surface area (TPSA) is 97.8 Å². The fourth-order valence-electron chi connectivity index (χ4n) is 4.43. The number of benzene rings is 2. The van der Waals surface area contributed by atoms with Crippen molar-refractivity contribution in [3.05, 3.63) is 109 Å². The van der Waals surface area contributed by atoms with Crippen molar-refractivity contribution in [3.63, 3.8) is 0 Å². The summed E-state index contributed by atoms with van der Waals surface area (Å²) >= 11 is 0. The molecule has 36 heavy (non-hydrogen) atoms. The first-order valence-electron chi connectivity index (χ1n) is 11.6. The number of ketones is 1. The molecule has 0 bridgehead atoms. The molecule has 182 valence electrons. The quantitative estimate of drug-likeness (QED) is 0.255. The standard InChI is InChI=1S/C28H25N3O5/c1-2-16-35-21-10-8-19(9-11-21)25-24(26(32)23-17-20-6-3-4-7-22(20)36-23)27(33)28(34)31(25)14-5-13-30-15-12-29-18-30/h2-4,6-12,15,17-18,25,33H,1,5,13-14,16H2/t25-/m1/s1. The zero-order valence-corrected chi connectivity index (χ0v) is 19.5. The number of aromatic nitrogens is 2. The van der Waals surface area contributed by atoms with Crippen LogP contribution in [0, 0.1) is 0 Å². The summed E-state index contributed by atoms with van der Waals surface area (Å²) in [6.07, 6.45) is 7.50. The number of aryl methyl sites for hydroxylation is 1. The molecule has 4 aromatic rings. The lowest BCUT2D eigenvalue weighted by atomic mass is 9.95. The summed E-state index contributed by atoms with van der Waals surface area (Å²) in [4.78, 5) is 32.4. The number of furan rings is 1. The molecular formula is C28H25N3O5. The molecule has 1 atom stereocenters. The molecule has 0 aliphatic carbocycles. The van der Waals surface area contributed by atoms with Crippen LogP contribution in [-0.2, 0) is 11.3 Å². The summed E-state index contributed by atoms with van der Waals surface area (Å²) in [6, 6.07) is 15.3. The molecule has 8 heteroatoms. The van der Waals surface area contributed by atoms with Crippen molar-refractivity contribution < 1.29 is 23.8 Å². The van der Waals surface area contributed by atoms with Gasteiger partial charge in [-0.3, -0.25) is 9.59 Å². The van der Waals surface area contributed by atoms with Gasteiger partial charge in [0.05, 0.1) is 17.9 Å². The van der Waals surface area contributed by atoms with Gasteiger partial charge in [0.1, 0.15) is 17.9 Å². The number of aliphatic hydroxyl groups is 1. The highest BCUT2D eigenvalue weighted by atomic mass is 16.5. The molecule has 2 aromatic heterocycles. The number of fused-ring (bicyclic) bond motifs is 1. The van der Waals surface area contributed by atoms with Gasteiger partial charge in [-0.2, -0.15) is 0 Å². The van der Waals surface area contributed by atoms with Crippen molar-refractivity contribution in [1.29, 1.82) is 0 Å². The van der Waals surface area contributed by atoms with E-state index in [9.17, 15) is 14.7 Å². The molecular weight excluding hydrogens is 458 g/mol. The Morgan fingerprint density at radius 1 is 1.17 bits per heavy atom. The van der Waals surface area contributed by atoms with Gasteiger partial charge in [0.25, 0.3) is 5.91 Å². The van der Waals surface area contributed by atoms with Crippen molar-refractivity contribution >= 4 is 22.7 Å². The number of carbonyl (C=O) groups excluding carboxylic acids is 2. The maximum Gasteiger partial charge on any atom is 0.290 e. The number of rotatable bonds is 10. The van der Waals surface area contributed by atoms with Crippen LogP contribution >= 0.6 is 0 Å². The van der Waals surface area contributed by atoms with Crippen LogP contribution in [0.2, 0.25) is 0 Å². The van der Waals surface area contributed by atoms with Gasteiger partial charge in [0.2, 0.25) is 5.78 Å². The highest BCUT2D eigenvalue weighted by molar-refractivity contribution is 6.16. The number of aliphatic hydroxyl groups excluding tert-OH is 1. The molecule has 2 aromatic carbocycles. The molecule has 0 saturated heterocycles. The van der Waals surface area contributed by atoms with Crippen molar-refractivity contribution in [2.75, 3.05) is 13.2 Å². The van der Waals surface area contributed by atoms with Gasteiger partial charge in [0, 0.05) is 30.9 Å². The van der Waals surface area contributed by atoms with E-state index >= 15 is 0 Å². The van der Waals surface area contributed by atoms with E-state index in [2.05, 4.69) is 11.6 Å². The van der Waals surface area contributed by atoms with E-state index in [0.29, 0.717) is 43.0 Å². The third kappa shape index (κ3) is 4.40. The molecule has 1 aliphatic rings. The number of carbonyl (C=O) groups is 2. The Kier molecular flexibility index (Phi) is 6.40. The van der Waals surface area contributed by atoms with Crippen molar-refractivity contribution in [2.24, 2.45) is 0 Å². The molecule has 1 N–H and O–H groups in total. The normalized spacial score (nSPS) is 15.6. The molecule has 0 fully saturated rings. The fraction of sp³-hybridized carbons (Fsp3) is 0.179. The van der Waals surface area contributed by atoms with Crippen molar-refractivity contribution in [1.82, 2.24) is 14.5 Å². The highest BCUT2D eigenvalue weighted by Gasteiger charge is 2.44. The first-order chi connectivity index (χ1) is 17.6. The molecule has 8 nitrogen and oxygen atoms in total. The predicted octanol–water partition coefficient (Wildman–Crippen LogP) is 4.86. The number of amides is 1. The van der Waals surface area contributed by atoms with Crippen LogP contribution in [0.5, 0.6) is 5.75 Å². The average molecular weight is 484 g/mol. The average Bonchev–Trinajstić information content (AvgIpc) is 3.63. The molecule has 0 radical (unpaired) electrons. The SMILES string of the molecule is C=CCOc1ccc([C@@H]2C(C(=O)c3cc4ccccc4o3)=C(O)C(=O)N2CCCn2ccnc2)cc1. The number of nitrogens with zero attached hydrogens (tertiary/aromatic N) is 3. The van der Waals surface area contributed by atoms with Crippen LogP contribution in [0.3, 0.4) is 0 Å². The first-order valence-corrected chi connectivity index (χ1v) is 11.6. The maximum absolute atomic E-state index is 13.6. The lowest BCUT2D eigenvalue weighted by Crippen LogP contribution is -2.32. The summed E-state index contributed by atoms with van der Waals surface area (Å²) in [5, 5.41) is 11.7. The van der Waals surface area contributed by atoms with E-state index in [1.54, 1.807) is 55.0 Å². The van der Waals surface area contributed by atoms with Gasteiger partial charge in [-0.05, 0) is 36.2 Å². The third-order valence-corrected chi connectivity index (χ3v) is 6.14. The summed E-state index contributed by atoms with van der Waals surface area (Å²) in [5.74, 6) is -0.960. The van der Waals surface area contributed by atoms with Gasteiger partial charge in [-0.25, -0.2) is 4.98 Å². The lowest BCUT2D eigenvalue weighted by molar-refractivity contribution is -0.129. The van der Waals surface area contributed by atoms with Crippen LogP contribution in [0.15, 0.2) is 102 Å². The number of para-hydroxylation sites is 1. The van der Waals surface area contributed by atoms with Crippen LogP contribution in [0.4, 0.5) is 0 Å². The Balaban J connectivity index is 1.48. The van der Waals surface area contributed by atoms with Crippen LogP contribution in [0.25, 0.3) is 11.0 Å². The van der Waals surface area contributed by atoms with Gasteiger partial charge in [-0.1, -0.05) is 43.0 Å². The molecule has 0 saturated carbocycles. The predicted molar refractivity (Wildman–Crippen MR) is 134 cm³/mol. The summed E-state index contributed by atoms with van der Waals surface area (Å²) in [7, 11) is 0. The molecule has 1 aliphatic heterocycles. The Labute approximate surface area is 207 Å². The Bertz CT molecular complexity index is 1400. The smallest absolute Gasteiger partial charge is 0.290 e. The van der Waals surface area contributed by atoms with E-state index < -0.39 is 23.5 Å². The number of ether oxygens (including phenoxy) is 1. The Hall–Kier alpha value is -4.59. The number of hydrogen-bond donors (Lipinski definition) is 1. The highest BCUT2D eigenvalue weighted by Crippen LogP contribution is 2.40. The van der Waals surface area contributed by atoms with Crippen LogP contribution in [-0.4, -0.2) is 44.4 Å². The minimum Gasteiger partial charge on any atom is -0.503 e. The lowest BCUT2D eigenvalue weighted by Gasteiger charge is -2.27. The van der Waals surface area contributed by atoms with Gasteiger partial charge >= 0.3 is 0 Å². The minimum absolute atomic E-state index is 0.00134. The zero-order valence-electron chi connectivity index (χ0n) is 19.5. The van der Waals surface area contributed by atoms with Crippen molar-refractivity contribution in [2.45, 2.75) is 19.0 Å². The van der Waals surface area contributed by atoms with E-state index in [4.69, 9.17) is 9.15 Å². The Morgan fingerprint density at radius 3 is 2.69 bits per heavy atom. The van der Waals surface area contributed by atoms with Gasteiger partial charge < -0.3 is 23.7 Å². The monoisotopic (exact) mass is 483 g/mol. The molecule has 3 heterocycles. The summed E-state index contributed by atoms with van der Waals surface area (Å²) < 4.78 is 13.3. The van der Waals surface area contributed by atoms with Gasteiger partial charge in [-0.15, -0.1) is 0 Å². The van der Waals surface area contributed by atoms with Crippen LogP contribution < -0.4 is 4.74 Å². The number of hydrogen-bond acceptors (Lipinski definition) is 6. The molecule has 5 rings (SSSR count). The second-order valence-corrected chi connectivity index (χ2v) is 8.46. The van der Waals surface area contributed by atoms with E-state index in [1.165, 1.54) is 4.90 Å². The molecule has 0 unspecified atom stereocenters. The largest absolute Gasteiger partial charge is 0.503 e. The second-order valence-electron chi connectivity index (χ2n) is 8.46. The second kappa shape index (κ2) is 9.95. The zero-order chi connectivity index (χ0) is 25.1.